The number of methoxy groups -OCH3 is 1. The number of imidazole rings is 1. The molecule has 4 N–H and O–H groups in total. The van der Waals surface area contributed by atoms with Gasteiger partial charge in [0.2, 0.25) is 0 Å². The summed E-state index contributed by atoms with van der Waals surface area (Å²) >= 11 is 0. The van der Waals surface area contributed by atoms with Crippen molar-refractivity contribution in [1.82, 2.24) is 15.3 Å². The van der Waals surface area contributed by atoms with Crippen molar-refractivity contribution in [2.24, 2.45) is 0 Å². The number of ether oxygens (including phenoxy) is 1. The number of H-pyrrole nitrogens is 1. The number of aromatic amines is 1. The molecule has 24 heavy (non-hydrogen) atoms. The molecule has 0 aliphatic carbocycles. The molecule has 0 bridgehead atoms. The van der Waals surface area contributed by atoms with Crippen LogP contribution in [-0.4, -0.2) is 45.2 Å². The average Bonchev–Trinajstić information content (AvgIpc) is 3.05. The third-order valence-electron chi connectivity index (χ3n) is 3.26. The SMILES string of the molecule is C#Cc1cc(O)c(C(=O)N[C@H](Cc2cnc[nH]2)C(=O)OC)c(O)c1. The maximum atomic E-state index is 12.3. The first-order valence-corrected chi connectivity index (χ1v) is 6.84. The van der Waals surface area contributed by atoms with E-state index in [9.17, 15) is 19.8 Å². The molecule has 0 saturated heterocycles. The van der Waals surface area contributed by atoms with Gasteiger partial charge >= 0.3 is 5.97 Å². The highest BCUT2D eigenvalue weighted by Gasteiger charge is 2.26. The molecule has 0 fully saturated rings. The van der Waals surface area contributed by atoms with E-state index in [2.05, 4.69) is 25.9 Å². The van der Waals surface area contributed by atoms with Crippen molar-refractivity contribution in [3.05, 3.63) is 41.5 Å². The largest absolute Gasteiger partial charge is 0.507 e. The van der Waals surface area contributed by atoms with Crippen LogP contribution in [0.1, 0.15) is 21.6 Å². The Morgan fingerprint density at radius 1 is 1.42 bits per heavy atom. The quantitative estimate of drug-likeness (QED) is 0.462. The molecule has 1 aromatic heterocycles. The highest BCUT2D eigenvalue weighted by atomic mass is 16.5. The van der Waals surface area contributed by atoms with Crippen LogP contribution in [0, 0.1) is 12.3 Å². The van der Waals surface area contributed by atoms with Crippen molar-refractivity contribution >= 4 is 11.9 Å². The van der Waals surface area contributed by atoms with E-state index in [1.165, 1.54) is 19.6 Å². The third-order valence-corrected chi connectivity index (χ3v) is 3.26. The minimum Gasteiger partial charge on any atom is -0.507 e. The van der Waals surface area contributed by atoms with Crippen LogP contribution in [0.4, 0.5) is 0 Å². The van der Waals surface area contributed by atoms with Gasteiger partial charge in [0.15, 0.2) is 0 Å². The Hall–Kier alpha value is -3.47. The van der Waals surface area contributed by atoms with E-state index >= 15 is 0 Å². The second-order valence-electron chi connectivity index (χ2n) is 4.86. The zero-order chi connectivity index (χ0) is 17.7. The Labute approximate surface area is 137 Å². The number of carbonyl (C=O) groups is 2. The number of benzene rings is 1. The van der Waals surface area contributed by atoms with Crippen LogP contribution < -0.4 is 5.32 Å². The summed E-state index contributed by atoms with van der Waals surface area (Å²) in [6.07, 6.45) is 8.22. The van der Waals surface area contributed by atoms with Gasteiger partial charge in [0.25, 0.3) is 5.91 Å². The number of nitrogens with zero attached hydrogens (tertiary/aromatic N) is 1. The molecule has 1 heterocycles. The summed E-state index contributed by atoms with van der Waals surface area (Å²) in [5.41, 5.74) is 0.429. The molecule has 0 aliphatic rings. The van der Waals surface area contributed by atoms with E-state index in [1.807, 2.05) is 0 Å². The van der Waals surface area contributed by atoms with Crippen molar-refractivity contribution in [3.8, 4) is 23.8 Å². The molecular weight excluding hydrogens is 314 g/mol. The lowest BCUT2D eigenvalue weighted by molar-refractivity contribution is -0.142. The second-order valence-corrected chi connectivity index (χ2v) is 4.86. The third kappa shape index (κ3) is 3.64. The number of nitrogens with one attached hydrogen (secondary N) is 2. The molecule has 1 aromatic carbocycles. The summed E-state index contributed by atoms with van der Waals surface area (Å²) in [5, 5.41) is 22.2. The molecule has 0 spiro atoms. The highest BCUT2D eigenvalue weighted by molar-refractivity contribution is 6.01. The van der Waals surface area contributed by atoms with Gasteiger partial charge < -0.3 is 25.3 Å². The molecule has 1 atom stereocenters. The number of amides is 1. The molecule has 0 unspecified atom stereocenters. The van der Waals surface area contributed by atoms with Crippen LogP contribution in [0.2, 0.25) is 0 Å². The number of esters is 1. The van der Waals surface area contributed by atoms with E-state index in [0.717, 1.165) is 12.1 Å². The van der Waals surface area contributed by atoms with Gasteiger partial charge in [0.05, 0.1) is 13.4 Å². The van der Waals surface area contributed by atoms with Gasteiger partial charge in [0, 0.05) is 23.9 Å². The number of aromatic nitrogens is 2. The predicted octanol–water partition coefficient (Wildman–Crippen LogP) is 0.316. The van der Waals surface area contributed by atoms with E-state index in [-0.39, 0.29) is 17.5 Å². The fourth-order valence-electron chi connectivity index (χ4n) is 2.11. The predicted molar refractivity (Wildman–Crippen MR) is 83.3 cm³/mol. The van der Waals surface area contributed by atoms with Crippen molar-refractivity contribution in [2.45, 2.75) is 12.5 Å². The maximum absolute atomic E-state index is 12.3. The number of aromatic hydroxyl groups is 2. The zero-order valence-electron chi connectivity index (χ0n) is 12.7. The van der Waals surface area contributed by atoms with Gasteiger partial charge in [-0.05, 0) is 12.1 Å². The number of phenols is 2. The second kappa shape index (κ2) is 7.19. The monoisotopic (exact) mass is 329 g/mol. The van der Waals surface area contributed by atoms with E-state index in [1.54, 1.807) is 0 Å². The Bertz CT molecular complexity index is 770. The van der Waals surface area contributed by atoms with Gasteiger partial charge in [-0.1, -0.05) is 5.92 Å². The Kier molecular flexibility index (Phi) is 5.06. The van der Waals surface area contributed by atoms with E-state index < -0.39 is 29.4 Å². The van der Waals surface area contributed by atoms with Crippen LogP contribution in [-0.2, 0) is 16.0 Å². The molecular formula is C16H15N3O5. The van der Waals surface area contributed by atoms with Crippen molar-refractivity contribution in [2.75, 3.05) is 7.11 Å². The van der Waals surface area contributed by atoms with Gasteiger partial charge in [-0.25, -0.2) is 9.78 Å². The Balaban J connectivity index is 2.25. The van der Waals surface area contributed by atoms with E-state index in [4.69, 9.17) is 6.42 Å². The molecule has 8 heteroatoms. The van der Waals surface area contributed by atoms with Crippen molar-refractivity contribution < 1.29 is 24.5 Å². The van der Waals surface area contributed by atoms with Crippen LogP contribution >= 0.6 is 0 Å². The molecule has 1 amide bonds. The maximum Gasteiger partial charge on any atom is 0.328 e. The van der Waals surface area contributed by atoms with Crippen LogP contribution in [0.3, 0.4) is 0 Å². The Morgan fingerprint density at radius 2 is 2.08 bits per heavy atom. The molecule has 0 aliphatic heterocycles. The molecule has 124 valence electrons. The molecule has 2 rings (SSSR count). The van der Waals surface area contributed by atoms with Gasteiger partial charge in [-0.3, -0.25) is 4.79 Å². The molecule has 0 radical (unpaired) electrons. The lowest BCUT2D eigenvalue weighted by Crippen LogP contribution is -2.43. The van der Waals surface area contributed by atoms with Crippen LogP contribution in [0.25, 0.3) is 0 Å². The summed E-state index contributed by atoms with van der Waals surface area (Å²) in [7, 11) is 1.19. The fourth-order valence-corrected chi connectivity index (χ4v) is 2.11. The number of terminal acetylenes is 1. The minimum absolute atomic E-state index is 0.0996. The lowest BCUT2D eigenvalue weighted by Gasteiger charge is -2.16. The number of carbonyl (C=O) groups excluding carboxylic acids is 2. The standard InChI is InChI=1S/C16H15N3O5/c1-3-9-4-12(20)14(13(21)5-9)15(22)19-11(16(23)24-2)6-10-7-17-8-18-10/h1,4-5,7-8,11,20-21H,6H2,2H3,(H,17,18)(H,19,22)/t11-/m1/s1. The first kappa shape index (κ1) is 16.9. The van der Waals surface area contributed by atoms with Crippen LogP contribution in [0.15, 0.2) is 24.7 Å². The van der Waals surface area contributed by atoms with Gasteiger partial charge in [0.1, 0.15) is 23.1 Å². The number of hydrogen-bond donors (Lipinski definition) is 4. The zero-order valence-corrected chi connectivity index (χ0v) is 12.7. The summed E-state index contributed by atoms with van der Waals surface area (Å²) in [6.45, 7) is 0. The lowest BCUT2D eigenvalue weighted by atomic mass is 10.1. The van der Waals surface area contributed by atoms with Gasteiger partial charge in [-0.2, -0.15) is 0 Å². The summed E-state index contributed by atoms with van der Waals surface area (Å²) in [4.78, 5) is 30.8. The fraction of sp³-hybridized carbons (Fsp3) is 0.188. The number of phenolic OH excluding ortho intramolecular Hbond substituents is 2. The first-order chi connectivity index (χ1) is 11.5. The van der Waals surface area contributed by atoms with E-state index in [0.29, 0.717) is 5.69 Å². The number of rotatable bonds is 5. The van der Waals surface area contributed by atoms with Crippen LogP contribution in [0.5, 0.6) is 11.5 Å². The highest BCUT2D eigenvalue weighted by Crippen LogP contribution is 2.28. The first-order valence-electron chi connectivity index (χ1n) is 6.84. The van der Waals surface area contributed by atoms with Crippen molar-refractivity contribution in [3.63, 3.8) is 0 Å². The molecule has 2 aromatic rings. The summed E-state index contributed by atoms with van der Waals surface area (Å²) in [5.74, 6) is -0.281. The number of hydrogen-bond acceptors (Lipinski definition) is 6. The topological polar surface area (TPSA) is 125 Å². The smallest absolute Gasteiger partial charge is 0.328 e. The molecule has 8 nitrogen and oxygen atoms in total. The van der Waals surface area contributed by atoms with Crippen molar-refractivity contribution in [1.29, 1.82) is 0 Å². The normalized spacial score (nSPS) is 11.3. The minimum atomic E-state index is -1.03. The average molecular weight is 329 g/mol. The summed E-state index contributed by atoms with van der Waals surface area (Å²) in [6, 6.07) is 1.29. The summed E-state index contributed by atoms with van der Waals surface area (Å²) < 4.78 is 4.66. The Morgan fingerprint density at radius 3 is 2.58 bits per heavy atom. The molecule has 0 saturated carbocycles. The van der Waals surface area contributed by atoms with Gasteiger partial charge in [-0.15, -0.1) is 6.42 Å².